The lowest BCUT2D eigenvalue weighted by atomic mass is 10.4. The molecule has 0 aliphatic heterocycles. The molecular weight excluding hydrogens is 190 g/mol. The molecule has 0 bridgehead atoms. The number of rotatable bonds is 2. The Morgan fingerprint density at radius 1 is 1.54 bits per heavy atom. The topological polar surface area (TPSA) is 67.9 Å². The summed E-state index contributed by atoms with van der Waals surface area (Å²) in [5.74, 6) is 0. The Labute approximate surface area is 83.5 Å². The summed E-state index contributed by atoms with van der Waals surface area (Å²) in [4.78, 5) is 16.5. The van der Waals surface area contributed by atoms with Crippen molar-refractivity contribution in [3.8, 4) is 0 Å². The molecule has 0 saturated carbocycles. The van der Waals surface area contributed by atoms with Crippen molar-refractivity contribution < 1.29 is 9.63 Å². The van der Waals surface area contributed by atoms with Crippen LogP contribution < -0.4 is 5.73 Å². The number of carbonyl (C=O) groups is 1. The summed E-state index contributed by atoms with van der Waals surface area (Å²) < 4.78 is 0. The van der Waals surface area contributed by atoms with Gasteiger partial charge < -0.3 is 10.6 Å². The molecule has 0 atom stereocenters. The summed E-state index contributed by atoms with van der Waals surface area (Å²) >= 11 is 4.92. The van der Waals surface area contributed by atoms with Crippen LogP contribution >= 0.6 is 12.2 Å². The van der Waals surface area contributed by atoms with Crippen LogP contribution in [0.4, 0.5) is 4.79 Å². The first-order valence-corrected chi connectivity index (χ1v) is 3.58. The fourth-order valence-corrected chi connectivity index (χ4v) is 0.513. The Balaban J connectivity index is 0. The molecule has 0 aromatic rings. The summed E-state index contributed by atoms with van der Waals surface area (Å²) in [6.45, 7) is 1.63. The van der Waals surface area contributed by atoms with E-state index in [9.17, 15) is 4.79 Å². The molecule has 0 fully saturated rings. The van der Waals surface area contributed by atoms with E-state index in [4.69, 9.17) is 18.0 Å². The van der Waals surface area contributed by atoms with E-state index in [0.717, 1.165) is 0 Å². The van der Waals surface area contributed by atoms with Crippen molar-refractivity contribution in [3.05, 3.63) is 0 Å². The third-order valence-electron chi connectivity index (χ3n) is 0.988. The van der Waals surface area contributed by atoms with E-state index in [0.29, 0.717) is 10.7 Å². The lowest BCUT2D eigenvalue weighted by molar-refractivity contribution is 0.161. The average molecular weight is 205 g/mol. The van der Waals surface area contributed by atoms with Gasteiger partial charge in [0.2, 0.25) is 0 Å². The van der Waals surface area contributed by atoms with Gasteiger partial charge in [-0.3, -0.25) is 4.84 Å². The Morgan fingerprint density at radius 3 is 2.31 bits per heavy atom. The molecule has 0 aliphatic rings. The maximum atomic E-state index is 10.1. The second kappa shape index (κ2) is 6.36. The van der Waals surface area contributed by atoms with Crippen LogP contribution in [-0.2, 0) is 4.84 Å². The first kappa shape index (κ1) is 14.4. The SMILES string of the molecule is C.CC(=NOC(N)=O)C(=S)N(C)C. The van der Waals surface area contributed by atoms with E-state index in [1.165, 1.54) is 0 Å². The number of nitrogens with zero attached hydrogens (tertiary/aromatic N) is 2. The van der Waals surface area contributed by atoms with Crippen molar-refractivity contribution in [2.24, 2.45) is 10.9 Å². The molecule has 0 saturated heterocycles. The molecule has 13 heavy (non-hydrogen) atoms. The van der Waals surface area contributed by atoms with Crippen molar-refractivity contribution in [1.82, 2.24) is 4.90 Å². The van der Waals surface area contributed by atoms with E-state index in [1.807, 2.05) is 0 Å². The van der Waals surface area contributed by atoms with Gasteiger partial charge in [0.1, 0.15) is 10.7 Å². The van der Waals surface area contributed by atoms with Crippen LogP contribution in [0, 0.1) is 0 Å². The number of nitrogens with two attached hydrogens (primary N) is 1. The zero-order valence-corrected chi connectivity index (χ0v) is 8.01. The molecule has 1 amide bonds. The minimum atomic E-state index is -0.948. The summed E-state index contributed by atoms with van der Waals surface area (Å²) in [7, 11) is 3.54. The lowest BCUT2D eigenvalue weighted by Crippen LogP contribution is -2.26. The Hall–Kier alpha value is -1.17. The second-order valence-corrected chi connectivity index (χ2v) is 2.67. The van der Waals surface area contributed by atoms with E-state index in [2.05, 4.69) is 9.99 Å². The van der Waals surface area contributed by atoms with Gasteiger partial charge in [-0.15, -0.1) is 0 Å². The van der Waals surface area contributed by atoms with Gasteiger partial charge >= 0.3 is 6.09 Å². The van der Waals surface area contributed by atoms with Crippen molar-refractivity contribution >= 4 is 29.0 Å². The summed E-state index contributed by atoms with van der Waals surface area (Å²) in [5, 5.41) is 3.40. The zero-order valence-electron chi connectivity index (χ0n) is 7.20. The third-order valence-corrected chi connectivity index (χ3v) is 1.65. The van der Waals surface area contributed by atoms with Crippen LogP contribution in [0.2, 0.25) is 0 Å². The lowest BCUT2D eigenvalue weighted by Gasteiger charge is -2.11. The number of hydrogen-bond acceptors (Lipinski definition) is 4. The van der Waals surface area contributed by atoms with Gasteiger partial charge in [0, 0.05) is 14.1 Å². The average Bonchev–Trinajstić information content (AvgIpc) is 1.98. The first-order chi connectivity index (χ1) is 5.45. The van der Waals surface area contributed by atoms with Crippen molar-refractivity contribution in [3.63, 3.8) is 0 Å². The molecular formula is C7H15N3O2S. The van der Waals surface area contributed by atoms with Crippen molar-refractivity contribution in [2.75, 3.05) is 14.1 Å². The molecule has 0 aliphatic carbocycles. The van der Waals surface area contributed by atoms with Gasteiger partial charge in [-0.25, -0.2) is 4.79 Å². The Bertz CT molecular complexity index is 226. The monoisotopic (exact) mass is 205 g/mol. The fourth-order valence-electron chi connectivity index (χ4n) is 0.476. The van der Waals surface area contributed by atoms with Crippen LogP contribution in [0.1, 0.15) is 14.4 Å². The summed E-state index contributed by atoms with van der Waals surface area (Å²) in [5.41, 5.74) is 5.13. The van der Waals surface area contributed by atoms with Crippen LogP contribution in [0.3, 0.4) is 0 Å². The molecule has 6 heteroatoms. The van der Waals surface area contributed by atoms with Gasteiger partial charge in [0.15, 0.2) is 0 Å². The fraction of sp³-hybridized carbons (Fsp3) is 0.571. The van der Waals surface area contributed by atoms with Crippen LogP contribution in [0.15, 0.2) is 5.16 Å². The molecule has 76 valence electrons. The smallest absolute Gasteiger partial charge is 0.367 e. The molecule has 0 aromatic heterocycles. The summed E-state index contributed by atoms with van der Waals surface area (Å²) in [6, 6.07) is 0. The quantitative estimate of drug-likeness (QED) is 0.316. The van der Waals surface area contributed by atoms with Gasteiger partial charge in [0.25, 0.3) is 0 Å². The van der Waals surface area contributed by atoms with Crippen LogP contribution in [0.5, 0.6) is 0 Å². The van der Waals surface area contributed by atoms with E-state index < -0.39 is 6.09 Å². The Morgan fingerprint density at radius 2 is 2.00 bits per heavy atom. The molecule has 0 rings (SSSR count). The number of thiocarbonyl (C=S) groups is 1. The highest BCUT2D eigenvalue weighted by atomic mass is 32.1. The maximum absolute atomic E-state index is 10.1. The number of oxime groups is 1. The van der Waals surface area contributed by atoms with Crippen molar-refractivity contribution in [2.45, 2.75) is 14.4 Å². The molecule has 0 spiro atoms. The van der Waals surface area contributed by atoms with Crippen LogP contribution in [0.25, 0.3) is 0 Å². The molecule has 0 aromatic carbocycles. The van der Waals surface area contributed by atoms with Gasteiger partial charge in [-0.1, -0.05) is 24.8 Å². The zero-order chi connectivity index (χ0) is 9.72. The second-order valence-electron chi connectivity index (χ2n) is 2.29. The first-order valence-electron chi connectivity index (χ1n) is 3.18. The number of amides is 1. The molecule has 2 N–H and O–H groups in total. The molecule has 0 heterocycles. The van der Waals surface area contributed by atoms with Gasteiger partial charge in [-0.05, 0) is 6.92 Å². The van der Waals surface area contributed by atoms with Gasteiger partial charge in [0.05, 0.1) is 0 Å². The highest BCUT2D eigenvalue weighted by molar-refractivity contribution is 7.82. The largest absolute Gasteiger partial charge is 0.430 e. The van der Waals surface area contributed by atoms with E-state index >= 15 is 0 Å². The van der Waals surface area contributed by atoms with Crippen molar-refractivity contribution in [1.29, 1.82) is 0 Å². The highest BCUT2D eigenvalue weighted by Gasteiger charge is 2.03. The minimum Gasteiger partial charge on any atom is -0.367 e. The normalized spacial score (nSPS) is 9.92. The molecule has 0 unspecified atom stereocenters. The standard InChI is InChI=1S/C6H11N3O2S.CH4/c1-4(5(12)9(2)3)8-11-6(7)10;/h1-3H3,(H2,7,10);1H4. The number of carbonyl (C=O) groups excluding carboxylic acids is 1. The number of hydrogen-bond donors (Lipinski definition) is 1. The van der Waals surface area contributed by atoms with Crippen LogP contribution in [-0.4, -0.2) is 35.8 Å². The summed E-state index contributed by atoms with van der Waals surface area (Å²) in [6.07, 6.45) is -0.948. The third kappa shape index (κ3) is 6.03. The maximum Gasteiger partial charge on any atom is 0.430 e. The van der Waals surface area contributed by atoms with Gasteiger partial charge in [-0.2, -0.15) is 0 Å². The molecule has 5 nitrogen and oxygen atoms in total. The predicted octanol–water partition coefficient (Wildman–Crippen LogP) is 0.983. The predicted molar refractivity (Wildman–Crippen MR) is 56.8 cm³/mol. The van der Waals surface area contributed by atoms with E-state index in [-0.39, 0.29) is 7.43 Å². The number of primary amides is 1. The minimum absolute atomic E-state index is 0. The van der Waals surface area contributed by atoms with E-state index in [1.54, 1.807) is 25.9 Å². The molecule has 0 radical (unpaired) electrons. The highest BCUT2D eigenvalue weighted by Crippen LogP contribution is 1.89. The Kier molecular flexibility index (Phi) is 7.02.